The van der Waals surface area contributed by atoms with Gasteiger partial charge in [0.1, 0.15) is 11.5 Å². The van der Waals surface area contributed by atoms with Crippen molar-refractivity contribution < 1.29 is 17.9 Å². The SMILES string of the molecule is COc1ccc(C/N=C(\C)C(F)(F)F)cc1. The number of rotatable bonds is 3. The van der Waals surface area contributed by atoms with Gasteiger partial charge in [0.15, 0.2) is 0 Å². The Morgan fingerprint density at radius 2 is 1.81 bits per heavy atom. The number of benzene rings is 1. The molecule has 0 unspecified atom stereocenters. The lowest BCUT2D eigenvalue weighted by atomic mass is 10.2. The van der Waals surface area contributed by atoms with Gasteiger partial charge in [-0.05, 0) is 24.6 Å². The molecule has 0 aromatic heterocycles. The van der Waals surface area contributed by atoms with Crippen molar-refractivity contribution in [2.45, 2.75) is 19.6 Å². The van der Waals surface area contributed by atoms with Crippen molar-refractivity contribution in [3.8, 4) is 5.75 Å². The number of methoxy groups -OCH3 is 1. The summed E-state index contributed by atoms with van der Waals surface area (Å²) in [6, 6.07) is 6.75. The fraction of sp³-hybridized carbons (Fsp3) is 0.364. The number of nitrogens with zero attached hydrogens (tertiary/aromatic N) is 1. The van der Waals surface area contributed by atoms with E-state index in [-0.39, 0.29) is 6.54 Å². The quantitative estimate of drug-likeness (QED) is 0.732. The Morgan fingerprint density at radius 1 is 1.25 bits per heavy atom. The van der Waals surface area contributed by atoms with Gasteiger partial charge in [-0.15, -0.1) is 0 Å². The van der Waals surface area contributed by atoms with Crippen LogP contribution >= 0.6 is 0 Å². The molecule has 5 heteroatoms. The maximum absolute atomic E-state index is 12.1. The Labute approximate surface area is 91.8 Å². The lowest BCUT2D eigenvalue weighted by Gasteiger charge is -2.05. The van der Waals surface area contributed by atoms with E-state index in [4.69, 9.17) is 4.74 Å². The molecule has 0 amide bonds. The first kappa shape index (κ1) is 12.5. The van der Waals surface area contributed by atoms with Crippen LogP contribution in [0.4, 0.5) is 13.2 Å². The molecule has 16 heavy (non-hydrogen) atoms. The van der Waals surface area contributed by atoms with Gasteiger partial charge in [-0.1, -0.05) is 12.1 Å². The number of ether oxygens (including phenoxy) is 1. The molecule has 88 valence electrons. The minimum absolute atomic E-state index is 0.0232. The van der Waals surface area contributed by atoms with Crippen LogP contribution in [-0.4, -0.2) is 19.0 Å². The zero-order valence-corrected chi connectivity index (χ0v) is 9.01. The fourth-order valence-corrected chi connectivity index (χ4v) is 1.03. The van der Waals surface area contributed by atoms with Gasteiger partial charge in [-0.2, -0.15) is 13.2 Å². The molecule has 0 bridgehead atoms. The Balaban J connectivity index is 2.67. The van der Waals surface area contributed by atoms with Gasteiger partial charge in [-0.25, -0.2) is 0 Å². The largest absolute Gasteiger partial charge is 0.497 e. The second-order valence-corrected chi connectivity index (χ2v) is 3.25. The Morgan fingerprint density at radius 3 is 2.25 bits per heavy atom. The van der Waals surface area contributed by atoms with Crippen molar-refractivity contribution in [1.29, 1.82) is 0 Å². The molecule has 0 N–H and O–H groups in total. The van der Waals surface area contributed by atoms with Gasteiger partial charge >= 0.3 is 6.18 Å². The molecule has 0 aliphatic heterocycles. The molecule has 1 aromatic carbocycles. The smallest absolute Gasteiger partial charge is 0.428 e. The third-order valence-corrected chi connectivity index (χ3v) is 2.07. The molecule has 0 heterocycles. The number of hydrogen-bond acceptors (Lipinski definition) is 2. The van der Waals surface area contributed by atoms with E-state index in [2.05, 4.69) is 4.99 Å². The minimum atomic E-state index is -4.34. The second-order valence-electron chi connectivity index (χ2n) is 3.25. The average Bonchev–Trinajstić information content (AvgIpc) is 2.25. The molecule has 0 aliphatic carbocycles. The molecule has 0 saturated carbocycles. The highest BCUT2D eigenvalue weighted by Gasteiger charge is 2.31. The highest BCUT2D eigenvalue weighted by Crippen LogP contribution is 2.18. The third kappa shape index (κ3) is 3.56. The fourth-order valence-electron chi connectivity index (χ4n) is 1.03. The van der Waals surface area contributed by atoms with Crippen molar-refractivity contribution in [3.05, 3.63) is 29.8 Å². The Hall–Kier alpha value is -1.52. The van der Waals surface area contributed by atoms with Crippen LogP contribution in [0.25, 0.3) is 0 Å². The first-order chi connectivity index (χ1) is 7.43. The molecule has 0 atom stereocenters. The number of alkyl halides is 3. The van der Waals surface area contributed by atoms with E-state index in [1.54, 1.807) is 24.3 Å². The van der Waals surface area contributed by atoms with Crippen molar-refractivity contribution in [2.24, 2.45) is 4.99 Å². The van der Waals surface area contributed by atoms with E-state index in [1.807, 2.05) is 0 Å². The number of halogens is 3. The molecular weight excluding hydrogens is 219 g/mol. The van der Waals surface area contributed by atoms with Crippen LogP contribution in [0.1, 0.15) is 12.5 Å². The first-order valence-corrected chi connectivity index (χ1v) is 4.64. The van der Waals surface area contributed by atoms with E-state index in [1.165, 1.54) is 7.11 Å². The Kier molecular flexibility index (Phi) is 3.93. The van der Waals surface area contributed by atoms with E-state index in [0.29, 0.717) is 11.3 Å². The average molecular weight is 231 g/mol. The van der Waals surface area contributed by atoms with E-state index in [0.717, 1.165) is 6.92 Å². The summed E-state index contributed by atoms with van der Waals surface area (Å²) in [4.78, 5) is 3.47. The highest BCUT2D eigenvalue weighted by atomic mass is 19.4. The maximum Gasteiger partial charge on any atom is 0.428 e. The second kappa shape index (κ2) is 5.01. The number of hydrogen-bond donors (Lipinski definition) is 0. The summed E-state index contributed by atoms with van der Waals surface area (Å²) in [6.45, 7) is 0.985. The van der Waals surface area contributed by atoms with Crippen LogP contribution in [0.15, 0.2) is 29.3 Å². The van der Waals surface area contributed by atoms with Gasteiger partial charge in [0.2, 0.25) is 0 Å². The summed E-state index contributed by atoms with van der Waals surface area (Å²) < 4.78 is 41.3. The van der Waals surface area contributed by atoms with Crippen LogP contribution in [0, 0.1) is 0 Å². The van der Waals surface area contributed by atoms with Crippen LogP contribution in [0.5, 0.6) is 5.75 Å². The molecule has 1 aromatic rings. The summed E-state index contributed by atoms with van der Waals surface area (Å²) in [6.07, 6.45) is -4.34. The Bertz CT molecular complexity index is 368. The van der Waals surface area contributed by atoms with Gasteiger partial charge in [0.25, 0.3) is 0 Å². The maximum atomic E-state index is 12.1. The van der Waals surface area contributed by atoms with Crippen molar-refractivity contribution in [3.63, 3.8) is 0 Å². The molecule has 0 fully saturated rings. The predicted octanol–water partition coefficient (Wildman–Crippen LogP) is 3.22. The van der Waals surface area contributed by atoms with Gasteiger partial charge in [-0.3, -0.25) is 4.99 Å². The lowest BCUT2D eigenvalue weighted by Crippen LogP contribution is -2.19. The minimum Gasteiger partial charge on any atom is -0.497 e. The van der Waals surface area contributed by atoms with Gasteiger partial charge in [0.05, 0.1) is 13.7 Å². The molecule has 0 radical (unpaired) electrons. The van der Waals surface area contributed by atoms with Crippen LogP contribution < -0.4 is 4.74 Å². The van der Waals surface area contributed by atoms with E-state index in [9.17, 15) is 13.2 Å². The summed E-state index contributed by atoms with van der Waals surface area (Å²) >= 11 is 0. The zero-order chi connectivity index (χ0) is 12.2. The predicted molar refractivity (Wildman–Crippen MR) is 55.9 cm³/mol. The standard InChI is InChI=1S/C11H12F3NO/c1-8(11(12,13)14)15-7-9-3-5-10(16-2)6-4-9/h3-6H,7H2,1-2H3/b15-8+. The third-order valence-electron chi connectivity index (χ3n) is 2.07. The molecule has 0 aliphatic rings. The van der Waals surface area contributed by atoms with Crippen LogP contribution in [-0.2, 0) is 6.54 Å². The monoisotopic (exact) mass is 231 g/mol. The van der Waals surface area contributed by atoms with Gasteiger partial charge < -0.3 is 4.74 Å². The van der Waals surface area contributed by atoms with Crippen molar-refractivity contribution in [2.75, 3.05) is 7.11 Å². The van der Waals surface area contributed by atoms with Gasteiger partial charge in [0, 0.05) is 0 Å². The van der Waals surface area contributed by atoms with Crippen LogP contribution in [0.3, 0.4) is 0 Å². The highest BCUT2D eigenvalue weighted by molar-refractivity contribution is 5.87. The molecule has 1 rings (SSSR count). The van der Waals surface area contributed by atoms with Crippen molar-refractivity contribution >= 4 is 5.71 Å². The molecule has 2 nitrogen and oxygen atoms in total. The summed E-state index contributed by atoms with van der Waals surface area (Å²) in [5.74, 6) is 0.667. The van der Waals surface area contributed by atoms with E-state index >= 15 is 0 Å². The molecule has 0 saturated heterocycles. The first-order valence-electron chi connectivity index (χ1n) is 4.64. The topological polar surface area (TPSA) is 21.6 Å². The molecular formula is C11H12F3NO. The summed E-state index contributed by atoms with van der Waals surface area (Å²) in [7, 11) is 1.53. The normalized spacial score (nSPS) is 12.7. The zero-order valence-electron chi connectivity index (χ0n) is 9.01. The summed E-state index contributed by atoms with van der Waals surface area (Å²) in [5, 5.41) is 0. The van der Waals surface area contributed by atoms with Crippen LogP contribution in [0.2, 0.25) is 0 Å². The lowest BCUT2D eigenvalue weighted by molar-refractivity contribution is -0.0594. The summed E-state index contributed by atoms with van der Waals surface area (Å²) in [5.41, 5.74) is -0.104. The number of aliphatic imine (C=N–C) groups is 1. The van der Waals surface area contributed by atoms with Crippen molar-refractivity contribution in [1.82, 2.24) is 0 Å². The van der Waals surface area contributed by atoms with E-state index < -0.39 is 11.9 Å². The molecule has 0 spiro atoms.